The van der Waals surface area contributed by atoms with Gasteiger partial charge in [0.2, 0.25) is 0 Å². The van der Waals surface area contributed by atoms with Gasteiger partial charge in [0.25, 0.3) is 0 Å². The van der Waals surface area contributed by atoms with Crippen molar-refractivity contribution in [3.05, 3.63) is 5.56 Å². The summed E-state index contributed by atoms with van der Waals surface area (Å²) in [7, 11) is 2.10. The van der Waals surface area contributed by atoms with E-state index in [1.165, 1.54) is 23.0 Å². The zero-order valence-corrected chi connectivity index (χ0v) is 10.2. The number of hydrogen-bond donors (Lipinski definition) is 1. The second-order valence-electron chi connectivity index (χ2n) is 4.10. The fraction of sp³-hybridized carbons (Fsp3) is 0.700. The smallest absolute Gasteiger partial charge is 0.142 e. The third-order valence-corrected chi connectivity index (χ3v) is 3.40. The Balaban J connectivity index is 2.60. The van der Waals surface area contributed by atoms with Crippen molar-refractivity contribution >= 4 is 22.4 Å². The Morgan fingerprint density at radius 3 is 2.57 bits per heavy atom. The Labute approximate surface area is 90.1 Å². The van der Waals surface area contributed by atoms with Crippen LogP contribution in [0, 0.1) is 12.8 Å². The highest BCUT2D eigenvalue weighted by Crippen LogP contribution is 2.28. The lowest BCUT2D eigenvalue weighted by atomic mass is 10.1. The highest BCUT2D eigenvalue weighted by atomic mass is 32.1. The largest absolute Gasteiger partial charge is 0.383 e. The number of aromatic nitrogens is 1. The summed E-state index contributed by atoms with van der Waals surface area (Å²) in [5.74, 6) is 1.41. The van der Waals surface area contributed by atoms with Gasteiger partial charge in [-0.15, -0.1) is 0 Å². The molecule has 0 aliphatic rings. The standard InChI is InChI=1S/C10H19N3S/c1-7(2)5-6-13(4)10-8(3)9(11)12-14-10/h7H,5-6H2,1-4H3,(H2,11,12). The van der Waals surface area contributed by atoms with Gasteiger partial charge in [0, 0.05) is 19.2 Å². The van der Waals surface area contributed by atoms with E-state index in [0.717, 1.165) is 18.0 Å². The molecule has 0 spiro atoms. The molecule has 1 aromatic heterocycles. The van der Waals surface area contributed by atoms with E-state index < -0.39 is 0 Å². The molecule has 4 heteroatoms. The summed E-state index contributed by atoms with van der Waals surface area (Å²) in [4.78, 5) is 2.24. The van der Waals surface area contributed by atoms with Crippen LogP contribution in [-0.4, -0.2) is 18.0 Å². The maximum Gasteiger partial charge on any atom is 0.142 e. The number of nitrogens with zero attached hydrogens (tertiary/aromatic N) is 2. The number of hydrogen-bond acceptors (Lipinski definition) is 4. The van der Waals surface area contributed by atoms with Crippen molar-refractivity contribution in [3.8, 4) is 0 Å². The second kappa shape index (κ2) is 4.64. The van der Waals surface area contributed by atoms with E-state index in [1.807, 2.05) is 6.92 Å². The highest BCUT2D eigenvalue weighted by molar-refractivity contribution is 7.10. The minimum Gasteiger partial charge on any atom is -0.383 e. The van der Waals surface area contributed by atoms with Crippen LogP contribution in [0.2, 0.25) is 0 Å². The molecule has 2 N–H and O–H groups in total. The van der Waals surface area contributed by atoms with Gasteiger partial charge in [0.15, 0.2) is 0 Å². The van der Waals surface area contributed by atoms with Gasteiger partial charge < -0.3 is 10.6 Å². The molecule has 3 nitrogen and oxygen atoms in total. The zero-order valence-electron chi connectivity index (χ0n) is 9.37. The molecule has 80 valence electrons. The van der Waals surface area contributed by atoms with E-state index in [4.69, 9.17) is 5.73 Å². The van der Waals surface area contributed by atoms with Gasteiger partial charge >= 0.3 is 0 Å². The Hall–Kier alpha value is -0.770. The predicted molar refractivity (Wildman–Crippen MR) is 64.0 cm³/mol. The first-order chi connectivity index (χ1) is 6.52. The minimum absolute atomic E-state index is 0.668. The molecule has 0 saturated carbocycles. The summed E-state index contributed by atoms with van der Waals surface area (Å²) in [6, 6.07) is 0. The molecule has 1 heterocycles. The lowest BCUT2D eigenvalue weighted by molar-refractivity contribution is 0.586. The monoisotopic (exact) mass is 213 g/mol. The van der Waals surface area contributed by atoms with Crippen molar-refractivity contribution < 1.29 is 0 Å². The third-order valence-electron chi connectivity index (χ3n) is 2.32. The molecule has 0 radical (unpaired) electrons. The van der Waals surface area contributed by atoms with Crippen molar-refractivity contribution in [3.63, 3.8) is 0 Å². The van der Waals surface area contributed by atoms with Crippen LogP contribution in [0.5, 0.6) is 0 Å². The molecular formula is C10H19N3S. The Bertz CT molecular complexity index is 294. The van der Waals surface area contributed by atoms with Crippen molar-refractivity contribution in [1.82, 2.24) is 4.37 Å². The van der Waals surface area contributed by atoms with Crippen LogP contribution in [0.25, 0.3) is 0 Å². The minimum atomic E-state index is 0.668. The molecule has 14 heavy (non-hydrogen) atoms. The van der Waals surface area contributed by atoms with Gasteiger partial charge in [-0.3, -0.25) is 0 Å². The van der Waals surface area contributed by atoms with E-state index in [0.29, 0.717) is 5.82 Å². The molecule has 0 fully saturated rings. The van der Waals surface area contributed by atoms with Gasteiger partial charge in [-0.2, -0.15) is 4.37 Å². The van der Waals surface area contributed by atoms with E-state index >= 15 is 0 Å². The van der Waals surface area contributed by atoms with Crippen molar-refractivity contribution in [2.75, 3.05) is 24.2 Å². The van der Waals surface area contributed by atoms with Gasteiger partial charge in [-0.1, -0.05) is 13.8 Å². The van der Waals surface area contributed by atoms with Gasteiger partial charge in [-0.25, -0.2) is 0 Å². The fourth-order valence-corrected chi connectivity index (χ4v) is 2.04. The van der Waals surface area contributed by atoms with Crippen molar-refractivity contribution in [1.29, 1.82) is 0 Å². The van der Waals surface area contributed by atoms with Crippen LogP contribution >= 0.6 is 11.5 Å². The maximum atomic E-state index is 5.71. The molecule has 1 aromatic rings. The summed E-state index contributed by atoms with van der Waals surface area (Å²) in [6.45, 7) is 7.57. The van der Waals surface area contributed by atoms with E-state index in [9.17, 15) is 0 Å². The molecule has 0 aliphatic carbocycles. The molecule has 0 saturated heterocycles. The Kier molecular flexibility index (Phi) is 3.75. The van der Waals surface area contributed by atoms with Crippen molar-refractivity contribution in [2.45, 2.75) is 27.2 Å². The molecule has 0 aliphatic heterocycles. The summed E-state index contributed by atoms with van der Waals surface area (Å²) in [6.07, 6.45) is 1.20. The quantitative estimate of drug-likeness (QED) is 0.835. The summed E-state index contributed by atoms with van der Waals surface area (Å²) < 4.78 is 4.14. The van der Waals surface area contributed by atoms with Gasteiger partial charge in [0.05, 0.1) is 0 Å². The zero-order chi connectivity index (χ0) is 10.7. The summed E-state index contributed by atoms with van der Waals surface area (Å²) in [5.41, 5.74) is 6.82. The molecule has 0 amide bonds. The van der Waals surface area contributed by atoms with Crippen LogP contribution < -0.4 is 10.6 Å². The SMILES string of the molecule is Cc1c(N)nsc1N(C)CCC(C)C. The highest BCUT2D eigenvalue weighted by Gasteiger charge is 2.11. The van der Waals surface area contributed by atoms with E-state index in [-0.39, 0.29) is 0 Å². The van der Waals surface area contributed by atoms with Crippen LogP contribution in [-0.2, 0) is 0 Å². The maximum absolute atomic E-state index is 5.71. The average molecular weight is 213 g/mol. The number of nitrogens with two attached hydrogens (primary N) is 1. The number of anilines is 2. The topological polar surface area (TPSA) is 42.1 Å². The second-order valence-corrected chi connectivity index (χ2v) is 4.85. The first kappa shape index (κ1) is 11.3. The number of nitrogen functional groups attached to an aromatic ring is 1. The van der Waals surface area contributed by atoms with Gasteiger partial charge in [-0.05, 0) is 30.8 Å². The summed E-state index contributed by atoms with van der Waals surface area (Å²) in [5, 5.41) is 1.20. The Morgan fingerprint density at radius 1 is 1.50 bits per heavy atom. The average Bonchev–Trinajstić information content (AvgIpc) is 2.44. The molecule has 0 aromatic carbocycles. The lowest BCUT2D eigenvalue weighted by Crippen LogP contribution is -2.19. The van der Waals surface area contributed by atoms with Crippen LogP contribution in [0.3, 0.4) is 0 Å². The van der Waals surface area contributed by atoms with E-state index in [1.54, 1.807) is 0 Å². The third kappa shape index (κ3) is 2.61. The fourth-order valence-electron chi connectivity index (χ4n) is 1.25. The molecule has 1 rings (SSSR count). The molecule has 0 atom stereocenters. The molecule has 0 unspecified atom stereocenters. The number of rotatable bonds is 4. The van der Waals surface area contributed by atoms with Crippen molar-refractivity contribution in [2.24, 2.45) is 5.92 Å². The first-order valence-corrected chi connectivity index (χ1v) is 5.72. The Morgan fingerprint density at radius 2 is 2.14 bits per heavy atom. The van der Waals surface area contributed by atoms with Gasteiger partial charge in [0.1, 0.15) is 10.8 Å². The molecular weight excluding hydrogens is 194 g/mol. The van der Waals surface area contributed by atoms with Crippen LogP contribution in [0.4, 0.5) is 10.8 Å². The molecule has 0 bridgehead atoms. The van der Waals surface area contributed by atoms with Crippen LogP contribution in [0.15, 0.2) is 0 Å². The summed E-state index contributed by atoms with van der Waals surface area (Å²) >= 11 is 1.49. The lowest BCUT2D eigenvalue weighted by Gasteiger charge is -2.18. The predicted octanol–water partition coefficient (Wildman–Crippen LogP) is 2.52. The first-order valence-electron chi connectivity index (χ1n) is 4.95. The normalized spacial score (nSPS) is 10.9. The van der Waals surface area contributed by atoms with Crippen LogP contribution in [0.1, 0.15) is 25.8 Å². The van der Waals surface area contributed by atoms with E-state index in [2.05, 4.69) is 30.2 Å².